The molecule has 1 aromatic heterocycles. The number of hydrogen-bond donors (Lipinski definition) is 0. The van der Waals surface area contributed by atoms with Gasteiger partial charge in [-0.05, 0) is 60.2 Å². The highest BCUT2D eigenvalue weighted by Gasteiger charge is 2.37. The summed E-state index contributed by atoms with van der Waals surface area (Å²) >= 11 is 1.64. The van der Waals surface area contributed by atoms with Gasteiger partial charge in [0, 0.05) is 11.4 Å². The Morgan fingerprint density at radius 1 is 1.04 bits per heavy atom. The second-order valence-electron chi connectivity index (χ2n) is 6.43. The Hall–Kier alpha value is -2.02. The summed E-state index contributed by atoms with van der Waals surface area (Å²) in [4.78, 5) is 1.48. The predicted octanol–water partition coefficient (Wildman–Crippen LogP) is 4.53. The third-order valence-electron chi connectivity index (χ3n) is 4.74. The molecule has 2 aromatic carbocycles. The number of rotatable bonds is 3. The topological polar surface area (TPSA) is 37.4 Å². The first-order valence-corrected chi connectivity index (χ1v) is 10.7. The van der Waals surface area contributed by atoms with Crippen LogP contribution in [0.2, 0.25) is 0 Å². The van der Waals surface area contributed by atoms with E-state index in [4.69, 9.17) is 0 Å². The Kier molecular flexibility index (Phi) is 4.42. The first kappa shape index (κ1) is 17.4. The summed E-state index contributed by atoms with van der Waals surface area (Å²) in [6.45, 7) is 2.34. The largest absolute Gasteiger partial charge is 0.243 e. The molecule has 6 heteroatoms. The van der Waals surface area contributed by atoms with E-state index in [1.807, 2.05) is 18.4 Å². The number of hydrogen-bond acceptors (Lipinski definition) is 3. The van der Waals surface area contributed by atoms with Crippen LogP contribution in [0.5, 0.6) is 0 Å². The van der Waals surface area contributed by atoms with E-state index in [0.717, 1.165) is 16.7 Å². The Balaban J connectivity index is 1.83. The highest BCUT2D eigenvalue weighted by atomic mass is 32.2. The average Bonchev–Trinajstić information content (AvgIpc) is 3.11. The van der Waals surface area contributed by atoms with Gasteiger partial charge in [0.05, 0.1) is 10.9 Å². The molecule has 4 rings (SSSR count). The van der Waals surface area contributed by atoms with E-state index >= 15 is 0 Å². The zero-order valence-corrected chi connectivity index (χ0v) is 15.9. The zero-order valence-electron chi connectivity index (χ0n) is 14.2. The van der Waals surface area contributed by atoms with Gasteiger partial charge in [-0.1, -0.05) is 29.8 Å². The van der Waals surface area contributed by atoms with Crippen molar-refractivity contribution in [2.45, 2.75) is 24.3 Å². The molecule has 0 bridgehead atoms. The van der Waals surface area contributed by atoms with Crippen LogP contribution < -0.4 is 0 Å². The third kappa shape index (κ3) is 2.98. The quantitative estimate of drug-likeness (QED) is 0.662. The molecule has 0 saturated heterocycles. The molecule has 3 aromatic rings. The Morgan fingerprint density at radius 3 is 2.42 bits per heavy atom. The summed E-state index contributed by atoms with van der Waals surface area (Å²) in [6.07, 6.45) is 0.690. The van der Waals surface area contributed by atoms with Crippen molar-refractivity contribution in [3.63, 3.8) is 0 Å². The van der Waals surface area contributed by atoms with Gasteiger partial charge in [-0.15, -0.1) is 11.3 Å². The number of thiophene rings is 1. The van der Waals surface area contributed by atoms with E-state index in [9.17, 15) is 12.8 Å². The molecular weight excluding hydrogens is 369 g/mol. The first-order chi connectivity index (χ1) is 12.5. The van der Waals surface area contributed by atoms with Gasteiger partial charge >= 0.3 is 0 Å². The SMILES string of the molecule is Cc1ccc(S(=O)(=O)N2CCc3sccc3[C@@H]2c2ccc(F)cc2)cc1. The maximum absolute atomic E-state index is 13.4. The van der Waals surface area contributed by atoms with Crippen molar-refractivity contribution in [3.8, 4) is 0 Å². The fourth-order valence-corrected chi connectivity index (χ4v) is 5.89. The fraction of sp³-hybridized carbons (Fsp3) is 0.200. The van der Waals surface area contributed by atoms with Crippen LogP contribution >= 0.6 is 11.3 Å². The maximum atomic E-state index is 13.4. The minimum atomic E-state index is -3.66. The normalized spacial score (nSPS) is 17.8. The van der Waals surface area contributed by atoms with Gasteiger partial charge in [-0.2, -0.15) is 4.31 Å². The van der Waals surface area contributed by atoms with Crippen LogP contribution in [0.15, 0.2) is 64.9 Å². The summed E-state index contributed by atoms with van der Waals surface area (Å²) in [5.74, 6) is -0.331. The summed E-state index contributed by atoms with van der Waals surface area (Å²) in [6, 6.07) is 14.6. The third-order valence-corrected chi connectivity index (χ3v) is 7.61. The lowest BCUT2D eigenvalue weighted by Crippen LogP contribution is -2.40. The number of sulfonamides is 1. The van der Waals surface area contributed by atoms with Crippen LogP contribution in [0.4, 0.5) is 4.39 Å². The number of nitrogens with zero attached hydrogens (tertiary/aromatic N) is 1. The van der Waals surface area contributed by atoms with Crippen molar-refractivity contribution in [1.82, 2.24) is 4.31 Å². The summed E-state index contributed by atoms with van der Waals surface area (Å²) in [5.41, 5.74) is 2.78. The van der Waals surface area contributed by atoms with E-state index in [0.29, 0.717) is 13.0 Å². The van der Waals surface area contributed by atoms with E-state index in [-0.39, 0.29) is 10.7 Å². The molecule has 3 nitrogen and oxygen atoms in total. The monoisotopic (exact) mass is 387 g/mol. The van der Waals surface area contributed by atoms with Gasteiger partial charge in [0.2, 0.25) is 10.0 Å². The van der Waals surface area contributed by atoms with Gasteiger partial charge < -0.3 is 0 Å². The summed E-state index contributed by atoms with van der Waals surface area (Å²) < 4.78 is 41.6. The molecule has 0 fully saturated rings. The molecule has 26 heavy (non-hydrogen) atoms. The molecule has 0 amide bonds. The molecule has 0 N–H and O–H groups in total. The number of halogens is 1. The predicted molar refractivity (Wildman–Crippen MR) is 101 cm³/mol. The van der Waals surface area contributed by atoms with E-state index in [1.54, 1.807) is 52.0 Å². The van der Waals surface area contributed by atoms with Crippen LogP contribution in [0.25, 0.3) is 0 Å². The van der Waals surface area contributed by atoms with Crippen molar-refractivity contribution >= 4 is 21.4 Å². The number of fused-ring (bicyclic) bond motifs is 1. The lowest BCUT2D eigenvalue weighted by Gasteiger charge is -2.35. The van der Waals surface area contributed by atoms with Gasteiger partial charge in [-0.25, -0.2) is 12.8 Å². The second kappa shape index (κ2) is 6.61. The smallest absolute Gasteiger partial charge is 0.207 e. The molecule has 0 radical (unpaired) electrons. The molecule has 0 spiro atoms. The van der Waals surface area contributed by atoms with Crippen molar-refractivity contribution in [1.29, 1.82) is 0 Å². The minimum Gasteiger partial charge on any atom is -0.207 e. The molecule has 0 saturated carbocycles. The van der Waals surface area contributed by atoms with Crippen LogP contribution in [-0.2, 0) is 16.4 Å². The first-order valence-electron chi connectivity index (χ1n) is 8.37. The number of benzene rings is 2. The zero-order chi connectivity index (χ0) is 18.3. The lowest BCUT2D eigenvalue weighted by atomic mass is 9.95. The van der Waals surface area contributed by atoms with E-state index < -0.39 is 16.1 Å². The fourth-order valence-electron chi connectivity index (χ4n) is 3.39. The van der Waals surface area contributed by atoms with Gasteiger partial charge in [-0.3, -0.25) is 0 Å². The number of aryl methyl sites for hydroxylation is 1. The van der Waals surface area contributed by atoms with Crippen LogP contribution in [0, 0.1) is 12.7 Å². The second-order valence-corrected chi connectivity index (χ2v) is 9.32. The van der Waals surface area contributed by atoms with E-state index in [2.05, 4.69) is 0 Å². The Morgan fingerprint density at radius 2 is 1.73 bits per heavy atom. The maximum Gasteiger partial charge on any atom is 0.243 e. The highest BCUT2D eigenvalue weighted by Crippen LogP contribution is 2.40. The van der Waals surface area contributed by atoms with Gasteiger partial charge in [0.15, 0.2) is 0 Å². The lowest BCUT2D eigenvalue weighted by molar-refractivity contribution is 0.346. The Bertz CT molecular complexity index is 1020. The van der Waals surface area contributed by atoms with Crippen LogP contribution in [0.3, 0.4) is 0 Å². The Labute approximate surface area is 156 Å². The van der Waals surface area contributed by atoms with Crippen molar-refractivity contribution in [3.05, 3.63) is 87.4 Å². The van der Waals surface area contributed by atoms with Gasteiger partial charge in [0.1, 0.15) is 5.82 Å². The molecule has 1 aliphatic rings. The highest BCUT2D eigenvalue weighted by molar-refractivity contribution is 7.89. The molecule has 1 atom stereocenters. The average molecular weight is 388 g/mol. The molecule has 1 aliphatic heterocycles. The van der Waals surface area contributed by atoms with Crippen molar-refractivity contribution in [2.75, 3.05) is 6.54 Å². The van der Waals surface area contributed by atoms with Crippen molar-refractivity contribution < 1.29 is 12.8 Å². The minimum absolute atomic E-state index is 0.286. The van der Waals surface area contributed by atoms with E-state index in [1.165, 1.54) is 17.0 Å². The molecule has 2 heterocycles. The standard InChI is InChI=1S/C20H18FNO2S2/c1-14-2-8-17(9-3-14)26(23,24)22-12-10-19-18(11-13-25-19)20(22)15-4-6-16(21)7-5-15/h2-9,11,13,20H,10,12H2,1H3/t20-/m0/s1. The molecule has 0 unspecified atom stereocenters. The molecule has 134 valence electrons. The van der Waals surface area contributed by atoms with Crippen molar-refractivity contribution in [2.24, 2.45) is 0 Å². The van der Waals surface area contributed by atoms with Gasteiger partial charge in [0.25, 0.3) is 0 Å². The summed E-state index contributed by atoms with van der Waals surface area (Å²) in [5, 5.41) is 1.99. The molecular formula is C20H18FNO2S2. The summed E-state index contributed by atoms with van der Waals surface area (Å²) in [7, 11) is -3.66. The van der Waals surface area contributed by atoms with Crippen LogP contribution in [0.1, 0.15) is 27.6 Å². The van der Waals surface area contributed by atoms with Crippen LogP contribution in [-0.4, -0.2) is 19.3 Å². The molecule has 0 aliphatic carbocycles.